The first kappa shape index (κ1) is 12.1. The first-order chi connectivity index (χ1) is 6.62. The molecule has 1 heteroatoms. The maximum absolute atomic E-state index is 5.87. The molecule has 15 heavy (non-hydrogen) atoms. The summed E-state index contributed by atoms with van der Waals surface area (Å²) in [5, 5.41) is 0. The Morgan fingerprint density at radius 2 is 1.27 bits per heavy atom. The van der Waals surface area contributed by atoms with E-state index in [1.807, 2.05) is 6.07 Å². The fourth-order valence-corrected chi connectivity index (χ4v) is 1.84. The third-order valence-corrected chi connectivity index (χ3v) is 2.66. The second kappa shape index (κ2) is 3.55. The van der Waals surface area contributed by atoms with Crippen LogP contribution in [0, 0.1) is 0 Å². The van der Waals surface area contributed by atoms with Crippen molar-refractivity contribution in [3.63, 3.8) is 0 Å². The number of hydrogen-bond donors (Lipinski definition) is 1. The van der Waals surface area contributed by atoms with Crippen molar-refractivity contribution in [2.75, 3.05) is 5.73 Å². The molecule has 0 atom stereocenters. The fraction of sp³-hybridized carbons (Fsp3) is 0.571. The Morgan fingerprint density at radius 1 is 0.800 bits per heavy atom. The predicted molar refractivity (Wildman–Crippen MR) is 68.3 cm³/mol. The van der Waals surface area contributed by atoms with Gasteiger partial charge in [0.2, 0.25) is 0 Å². The zero-order valence-corrected chi connectivity index (χ0v) is 10.8. The van der Waals surface area contributed by atoms with Gasteiger partial charge in [0, 0.05) is 5.69 Å². The average molecular weight is 205 g/mol. The molecule has 0 bridgehead atoms. The van der Waals surface area contributed by atoms with E-state index in [4.69, 9.17) is 5.73 Å². The molecule has 0 aliphatic heterocycles. The summed E-state index contributed by atoms with van der Waals surface area (Å²) >= 11 is 0. The lowest BCUT2D eigenvalue weighted by molar-refractivity contribution is 0.530. The zero-order valence-electron chi connectivity index (χ0n) is 10.8. The largest absolute Gasteiger partial charge is 0.399 e. The van der Waals surface area contributed by atoms with Crippen molar-refractivity contribution >= 4 is 5.69 Å². The highest BCUT2D eigenvalue weighted by Crippen LogP contribution is 2.34. The van der Waals surface area contributed by atoms with Crippen LogP contribution in [0.4, 0.5) is 5.69 Å². The molecule has 2 N–H and O–H groups in total. The summed E-state index contributed by atoms with van der Waals surface area (Å²) in [5.41, 5.74) is 9.80. The van der Waals surface area contributed by atoms with Gasteiger partial charge in [-0.1, -0.05) is 47.6 Å². The highest BCUT2D eigenvalue weighted by atomic mass is 14.5. The smallest absolute Gasteiger partial charge is 0.0317 e. The van der Waals surface area contributed by atoms with Crippen LogP contribution in [-0.2, 0) is 10.8 Å². The van der Waals surface area contributed by atoms with E-state index in [0.717, 1.165) is 5.69 Å². The Hall–Kier alpha value is -0.980. The van der Waals surface area contributed by atoms with E-state index in [-0.39, 0.29) is 10.8 Å². The topological polar surface area (TPSA) is 26.0 Å². The lowest BCUT2D eigenvalue weighted by Crippen LogP contribution is -2.22. The van der Waals surface area contributed by atoms with E-state index in [1.165, 1.54) is 11.1 Å². The molecule has 1 nitrogen and oxygen atoms in total. The number of anilines is 1. The second-order valence-electron chi connectivity index (χ2n) is 6.31. The van der Waals surface area contributed by atoms with Crippen molar-refractivity contribution in [3.8, 4) is 0 Å². The molecule has 0 aliphatic carbocycles. The summed E-state index contributed by atoms with van der Waals surface area (Å²) in [6.45, 7) is 13.4. The van der Waals surface area contributed by atoms with Crippen LogP contribution in [0.2, 0.25) is 0 Å². The number of hydrogen-bond acceptors (Lipinski definition) is 1. The Kier molecular flexibility index (Phi) is 2.86. The fourth-order valence-electron chi connectivity index (χ4n) is 1.84. The molecule has 0 amide bonds. The lowest BCUT2D eigenvalue weighted by Gasteiger charge is -2.30. The monoisotopic (exact) mass is 205 g/mol. The highest BCUT2D eigenvalue weighted by molar-refractivity contribution is 5.49. The quantitative estimate of drug-likeness (QED) is 0.639. The van der Waals surface area contributed by atoms with Crippen LogP contribution in [0.3, 0.4) is 0 Å². The van der Waals surface area contributed by atoms with Gasteiger partial charge in [0.1, 0.15) is 0 Å². The van der Waals surface area contributed by atoms with Gasteiger partial charge in [-0.15, -0.1) is 0 Å². The van der Waals surface area contributed by atoms with Crippen LogP contribution >= 0.6 is 0 Å². The third kappa shape index (κ3) is 2.74. The van der Waals surface area contributed by atoms with Crippen LogP contribution in [0.1, 0.15) is 52.7 Å². The summed E-state index contributed by atoms with van der Waals surface area (Å²) in [6.07, 6.45) is 0. The molecule has 0 saturated carbocycles. The molecule has 84 valence electrons. The zero-order chi connectivity index (χ0) is 11.9. The first-order valence-corrected chi connectivity index (χ1v) is 5.53. The third-order valence-electron chi connectivity index (χ3n) is 2.66. The molecule has 1 aromatic rings. The van der Waals surface area contributed by atoms with E-state index in [1.54, 1.807) is 0 Å². The minimum Gasteiger partial charge on any atom is -0.399 e. The number of nitrogen functional groups attached to an aromatic ring is 1. The summed E-state index contributed by atoms with van der Waals surface area (Å²) in [6, 6.07) is 6.27. The van der Waals surface area contributed by atoms with Gasteiger partial charge in [0.25, 0.3) is 0 Å². The molecular weight excluding hydrogens is 182 g/mol. The Balaban J connectivity index is 3.41. The second-order valence-corrected chi connectivity index (χ2v) is 6.31. The molecule has 0 spiro atoms. The van der Waals surface area contributed by atoms with E-state index >= 15 is 0 Å². The Morgan fingerprint density at radius 3 is 1.67 bits per heavy atom. The summed E-state index contributed by atoms with van der Waals surface area (Å²) in [5.74, 6) is 0. The SMILES string of the molecule is CC(C)(C)c1ccc(N)cc1C(C)(C)C. The summed E-state index contributed by atoms with van der Waals surface area (Å²) < 4.78 is 0. The average Bonchev–Trinajstić information content (AvgIpc) is 2.00. The van der Waals surface area contributed by atoms with Gasteiger partial charge in [0.15, 0.2) is 0 Å². The standard InChI is InChI=1S/C14H23N/c1-13(2,3)11-8-7-10(15)9-12(11)14(4,5)6/h7-9H,15H2,1-6H3. The van der Waals surface area contributed by atoms with Crippen molar-refractivity contribution in [2.24, 2.45) is 0 Å². The molecule has 0 heterocycles. The van der Waals surface area contributed by atoms with Gasteiger partial charge in [-0.05, 0) is 34.1 Å². The van der Waals surface area contributed by atoms with E-state index < -0.39 is 0 Å². The normalized spacial score (nSPS) is 12.9. The molecule has 0 radical (unpaired) electrons. The molecule has 0 unspecified atom stereocenters. The van der Waals surface area contributed by atoms with Crippen LogP contribution < -0.4 is 5.73 Å². The van der Waals surface area contributed by atoms with Gasteiger partial charge >= 0.3 is 0 Å². The predicted octanol–water partition coefficient (Wildman–Crippen LogP) is 3.86. The molecule has 1 aromatic carbocycles. The van der Waals surface area contributed by atoms with Crippen LogP contribution in [0.15, 0.2) is 18.2 Å². The van der Waals surface area contributed by atoms with Crippen LogP contribution in [0.5, 0.6) is 0 Å². The van der Waals surface area contributed by atoms with E-state index in [2.05, 4.69) is 53.7 Å². The maximum Gasteiger partial charge on any atom is 0.0317 e. The van der Waals surface area contributed by atoms with E-state index in [9.17, 15) is 0 Å². The minimum absolute atomic E-state index is 0.151. The van der Waals surface area contributed by atoms with Crippen molar-refractivity contribution in [3.05, 3.63) is 29.3 Å². The molecule has 0 fully saturated rings. The molecule has 1 rings (SSSR count). The van der Waals surface area contributed by atoms with Crippen molar-refractivity contribution in [1.29, 1.82) is 0 Å². The first-order valence-electron chi connectivity index (χ1n) is 5.53. The van der Waals surface area contributed by atoms with Crippen LogP contribution in [0.25, 0.3) is 0 Å². The Bertz CT molecular complexity index is 351. The summed E-state index contributed by atoms with van der Waals surface area (Å²) in [4.78, 5) is 0. The van der Waals surface area contributed by atoms with Crippen LogP contribution in [-0.4, -0.2) is 0 Å². The minimum atomic E-state index is 0.151. The maximum atomic E-state index is 5.87. The molecule has 0 aromatic heterocycles. The van der Waals surface area contributed by atoms with Gasteiger partial charge in [0.05, 0.1) is 0 Å². The van der Waals surface area contributed by atoms with Crippen molar-refractivity contribution in [1.82, 2.24) is 0 Å². The van der Waals surface area contributed by atoms with E-state index in [0.29, 0.717) is 0 Å². The number of nitrogens with two attached hydrogens (primary N) is 1. The molecule has 0 aliphatic rings. The highest BCUT2D eigenvalue weighted by Gasteiger charge is 2.24. The van der Waals surface area contributed by atoms with Crippen molar-refractivity contribution < 1.29 is 0 Å². The van der Waals surface area contributed by atoms with Gasteiger partial charge in [-0.25, -0.2) is 0 Å². The van der Waals surface area contributed by atoms with Gasteiger partial charge in [-0.2, -0.15) is 0 Å². The molecule has 0 saturated heterocycles. The number of benzene rings is 1. The van der Waals surface area contributed by atoms with Crippen molar-refractivity contribution in [2.45, 2.75) is 52.4 Å². The lowest BCUT2D eigenvalue weighted by atomic mass is 9.75. The molecular formula is C14H23N. The summed E-state index contributed by atoms with van der Waals surface area (Å²) in [7, 11) is 0. The number of rotatable bonds is 0. The van der Waals surface area contributed by atoms with Gasteiger partial charge < -0.3 is 5.73 Å². The van der Waals surface area contributed by atoms with Gasteiger partial charge in [-0.3, -0.25) is 0 Å². The Labute approximate surface area is 93.7 Å².